The van der Waals surface area contributed by atoms with Crippen LogP contribution >= 0.6 is 11.3 Å². The molecule has 1 amide bonds. The molecule has 0 unspecified atom stereocenters. The number of anilines is 2. The van der Waals surface area contributed by atoms with Crippen LogP contribution in [0.15, 0.2) is 71.6 Å². The Labute approximate surface area is 195 Å². The van der Waals surface area contributed by atoms with Gasteiger partial charge in [-0.2, -0.15) is 0 Å². The topological polar surface area (TPSA) is 75.7 Å². The number of carbonyl (C=O) groups is 1. The van der Waals surface area contributed by atoms with Crippen LogP contribution in [0.1, 0.15) is 15.2 Å². The van der Waals surface area contributed by atoms with Crippen molar-refractivity contribution in [3.05, 3.63) is 83.0 Å². The van der Waals surface area contributed by atoms with E-state index in [-0.39, 0.29) is 16.3 Å². The molecule has 1 N–H and O–H groups in total. The predicted molar refractivity (Wildman–Crippen MR) is 129 cm³/mol. The van der Waals surface area contributed by atoms with Crippen molar-refractivity contribution in [2.75, 3.05) is 23.8 Å². The zero-order valence-corrected chi connectivity index (χ0v) is 19.8. The number of rotatable bonds is 6. The molecule has 6 nitrogen and oxygen atoms in total. The van der Waals surface area contributed by atoms with Crippen molar-refractivity contribution in [2.45, 2.75) is 11.8 Å². The lowest BCUT2D eigenvalue weighted by molar-refractivity contribution is 0.103. The number of thiophene rings is 1. The van der Waals surface area contributed by atoms with Gasteiger partial charge in [0.05, 0.1) is 23.4 Å². The minimum atomic E-state index is -3.89. The number of halogens is 1. The third-order valence-electron chi connectivity index (χ3n) is 5.17. The molecule has 3 aromatic carbocycles. The van der Waals surface area contributed by atoms with Gasteiger partial charge in [-0.05, 0) is 66.4 Å². The van der Waals surface area contributed by atoms with E-state index in [0.29, 0.717) is 16.0 Å². The number of ether oxygens (including phenoxy) is 1. The molecule has 0 saturated heterocycles. The summed E-state index contributed by atoms with van der Waals surface area (Å²) in [6.45, 7) is 1.81. The minimum absolute atomic E-state index is 0.0721. The van der Waals surface area contributed by atoms with Gasteiger partial charge in [0.15, 0.2) is 0 Å². The summed E-state index contributed by atoms with van der Waals surface area (Å²) in [6.07, 6.45) is 0. The molecule has 0 radical (unpaired) electrons. The van der Waals surface area contributed by atoms with E-state index in [0.717, 1.165) is 10.3 Å². The number of benzene rings is 3. The van der Waals surface area contributed by atoms with Gasteiger partial charge < -0.3 is 10.1 Å². The number of nitrogens with one attached hydrogen (secondary N) is 1. The monoisotopic (exact) mass is 484 g/mol. The van der Waals surface area contributed by atoms with Crippen molar-refractivity contribution in [3.63, 3.8) is 0 Å². The average Bonchev–Trinajstić information content (AvgIpc) is 3.23. The standard InChI is InChI=1S/C24H21FN2O4S2/c1-15-8-10-20(31-3)23(12-15)33(29,30)27(2)17-9-11-21-16(13-17)14-22(32-21)24(28)26-19-7-5-4-6-18(19)25/h4-14H,1-3H3,(H,26,28). The molecule has 0 aliphatic carbocycles. The summed E-state index contributed by atoms with van der Waals surface area (Å²) < 4.78 is 47.7. The average molecular weight is 485 g/mol. The van der Waals surface area contributed by atoms with Crippen molar-refractivity contribution in [2.24, 2.45) is 0 Å². The molecule has 4 aromatic rings. The quantitative estimate of drug-likeness (QED) is 0.396. The third kappa shape index (κ3) is 4.42. The van der Waals surface area contributed by atoms with Crippen molar-refractivity contribution >= 4 is 48.7 Å². The van der Waals surface area contributed by atoms with Crippen LogP contribution in [0.5, 0.6) is 5.75 Å². The van der Waals surface area contributed by atoms with Crippen LogP contribution in [0.3, 0.4) is 0 Å². The lowest BCUT2D eigenvalue weighted by Gasteiger charge is -2.21. The Bertz CT molecular complexity index is 1460. The normalized spacial score (nSPS) is 11.4. The van der Waals surface area contributed by atoms with E-state index in [1.54, 1.807) is 54.6 Å². The number of aryl methyl sites for hydroxylation is 1. The predicted octanol–water partition coefficient (Wildman–Crippen LogP) is 5.43. The zero-order valence-electron chi connectivity index (χ0n) is 18.1. The van der Waals surface area contributed by atoms with Crippen LogP contribution < -0.4 is 14.4 Å². The summed E-state index contributed by atoms with van der Waals surface area (Å²) in [5.41, 5.74) is 1.32. The Kier molecular flexibility index (Phi) is 6.09. The number of amides is 1. The first-order valence-electron chi connectivity index (χ1n) is 9.94. The summed E-state index contributed by atoms with van der Waals surface area (Å²) in [7, 11) is -0.996. The van der Waals surface area contributed by atoms with E-state index >= 15 is 0 Å². The third-order valence-corrected chi connectivity index (χ3v) is 8.09. The Balaban J connectivity index is 1.65. The van der Waals surface area contributed by atoms with Gasteiger partial charge in [-0.3, -0.25) is 9.10 Å². The van der Waals surface area contributed by atoms with Crippen LogP contribution in [-0.4, -0.2) is 28.5 Å². The number of hydrogen-bond acceptors (Lipinski definition) is 5. The number of nitrogens with zero attached hydrogens (tertiary/aromatic N) is 1. The van der Waals surface area contributed by atoms with Crippen molar-refractivity contribution in [1.82, 2.24) is 0 Å². The fourth-order valence-electron chi connectivity index (χ4n) is 3.36. The number of carbonyl (C=O) groups excluding carboxylic acids is 1. The van der Waals surface area contributed by atoms with Crippen molar-refractivity contribution in [1.29, 1.82) is 0 Å². The molecule has 170 valence electrons. The summed E-state index contributed by atoms with van der Waals surface area (Å²) in [4.78, 5) is 13.1. The van der Waals surface area contributed by atoms with Gasteiger partial charge in [0.1, 0.15) is 16.5 Å². The van der Waals surface area contributed by atoms with Gasteiger partial charge in [0.25, 0.3) is 15.9 Å². The molecule has 9 heteroatoms. The Morgan fingerprint density at radius 3 is 2.55 bits per heavy atom. The van der Waals surface area contributed by atoms with Gasteiger partial charge in [0, 0.05) is 11.7 Å². The Morgan fingerprint density at radius 2 is 1.82 bits per heavy atom. The molecule has 33 heavy (non-hydrogen) atoms. The largest absolute Gasteiger partial charge is 0.495 e. The molecule has 0 fully saturated rings. The molecular weight excluding hydrogens is 463 g/mol. The molecule has 1 aromatic heterocycles. The molecule has 0 aliphatic heterocycles. The van der Waals surface area contributed by atoms with Gasteiger partial charge >= 0.3 is 0 Å². The second-order valence-corrected chi connectivity index (χ2v) is 10.4. The molecule has 0 aliphatic rings. The fraction of sp³-hybridized carbons (Fsp3) is 0.125. The minimum Gasteiger partial charge on any atom is -0.495 e. The number of sulfonamides is 1. The van der Waals surface area contributed by atoms with E-state index in [1.807, 2.05) is 6.92 Å². The number of methoxy groups -OCH3 is 1. The van der Waals surface area contributed by atoms with Crippen molar-refractivity contribution < 1.29 is 22.3 Å². The molecule has 0 atom stereocenters. The Morgan fingerprint density at radius 1 is 1.06 bits per heavy atom. The first kappa shape index (κ1) is 22.8. The highest BCUT2D eigenvalue weighted by Crippen LogP contribution is 2.34. The Hall–Kier alpha value is -3.43. The molecule has 0 bridgehead atoms. The molecule has 1 heterocycles. The van der Waals surface area contributed by atoms with E-state index in [9.17, 15) is 17.6 Å². The van der Waals surface area contributed by atoms with Crippen LogP contribution in [-0.2, 0) is 10.0 Å². The van der Waals surface area contributed by atoms with Crippen LogP contribution in [0.2, 0.25) is 0 Å². The van der Waals surface area contributed by atoms with Crippen LogP contribution in [0.25, 0.3) is 10.1 Å². The number of para-hydroxylation sites is 1. The summed E-state index contributed by atoms with van der Waals surface area (Å²) in [6, 6.07) is 17.7. The van der Waals surface area contributed by atoms with E-state index < -0.39 is 21.7 Å². The summed E-state index contributed by atoms with van der Waals surface area (Å²) >= 11 is 1.24. The highest BCUT2D eigenvalue weighted by molar-refractivity contribution is 7.93. The van der Waals surface area contributed by atoms with Gasteiger partial charge in [-0.1, -0.05) is 18.2 Å². The second-order valence-electron chi connectivity index (χ2n) is 7.39. The SMILES string of the molecule is COc1ccc(C)cc1S(=O)(=O)N(C)c1ccc2sc(C(=O)Nc3ccccc3F)cc2c1. The lowest BCUT2D eigenvalue weighted by atomic mass is 10.2. The molecule has 4 rings (SSSR count). The summed E-state index contributed by atoms with van der Waals surface area (Å²) in [5, 5.41) is 3.27. The smallest absolute Gasteiger partial charge is 0.267 e. The van der Waals surface area contributed by atoms with Gasteiger partial charge in [-0.25, -0.2) is 12.8 Å². The van der Waals surface area contributed by atoms with E-state index in [1.165, 1.54) is 41.9 Å². The fourth-order valence-corrected chi connectivity index (χ4v) is 5.72. The molecule has 0 spiro atoms. The maximum Gasteiger partial charge on any atom is 0.267 e. The number of hydrogen-bond donors (Lipinski definition) is 1. The van der Waals surface area contributed by atoms with Crippen LogP contribution in [0.4, 0.5) is 15.8 Å². The summed E-state index contributed by atoms with van der Waals surface area (Å²) in [5.74, 6) is -0.697. The van der Waals surface area contributed by atoms with Crippen LogP contribution in [0, 0.1) is 12.7 Å². The molecule has 0 saturated carbocycles. The first-order valence-corrected chi connectivity index (χ1v) is 12.2. The van der Waals surface area contributed by atoms with Crippen molar-refractivity contribution in [3.8, 4) is 5.75 Å². The first-order chi connectivity index (χ1) is 15.7. The van der Waals surface area contributed by atoms with E-state index in [2.05, 4.69) is 5.32 Å². The number of fused-ring (bicyclic) bond motifs is 1. The van der Waals surface area contributed by atoms with Gasteiger partial charge in [0.2, 0.25) is 0 Å². The zero-order chi connectivity index (χ0) is 23.8. The maximum absolute atomic E-state index is 13.9. The second kappa shape index (κ2) is 8.84. The lowest BCUT2D eigenvalue weighted by Crippen LogP contribution is -2.27. The van der Waals surface area contributed by atoms with Gasteiger partial charge in [-0.15, -0.1) is 11.3 Å². The molecular formula is C24H21FN2O4S2. The highest BCUT2D eigenvalue weighted by atomic mass is 32.2. The van der Waals surface area contributed by atoms with E-state index in [4.69, 9.17) is 4.74 Å². The highest BCUT2D eigenvalue weighted by Gasteiger charge is 2.26. The maximum atomic E-state index is 13.9.